The fourth-order valence-electron chi connectivity index (χ4n) is 3.59. The Balaban J connectivity index is 1.38. The molecule has 8 heteroatoms. The number of halogens is 2. The third kappa shape index (κ3) is 4.59. The van der Waals surface area contributed by atoms with E-state index in [1.165, 1.54) is 0 Å². The first kappa shape index (κ1) is 21.0. The van der Waals surface area contributed by atoms with Crippen LogP contribution >= 0.6 is 0 Å². The zero-order valence-corrected chi connectivity index (χ0v) is 17.4. The molecular formula is C23H23F2N3O3. The molecule has 162 valence electrons. The van der Waals surface area contributed by atoms with Gasteiger partial charge in [-0.25, -0.2) is 13.8 Å². The van der Waals surface area contributed by atoms with Gasteiger partial charge in [-0.2, -0.15) is 0 Å². The molecule has 4 rings (SSSR count). The maximum absolute atomic E-state index is 14.0. The number of ether oxygens (including phenoxy) is 1. The third-order valence-electron chi connectivity index (χ3n) is 5.42. The second-order valence-corrected chi connectivity index (χ2v) is 7.44. The quantitative estimate of drug-likeness (QED) is 0.618. The smallest absolute Gasteiger partial charge is 0.253 e. The van der Waals surface area contributed by atoms with Gasteiger partial charge in [-0.1, -0.05) is 0 Å². The van der Waals surface area contributed by atoms with E-state index in [0.717, 1.165) is 18.2 Å². The number of benzene rings is 2. The summed E-state index contributed by atoms with van der Waals surface area (Å²) in [7, 11) is 1.59. The monoisotopic (exact) mass is 427 g/mol. The minimum absolute atomic E-state index is 0.00394. The van der Waals surface area contributed by atoms with Crippen molar-refractivity contribution >= 4 is 5.91 Å². The number of oxazole rings is 1. The van der Waals surface area contributed by atoms with Gasteiger partial charge >= 0.3 is 0 Å². The standard InChI is InChI=1S/C23H23F2N3O3/c1-15-21(26-22(31-15)19-13-17(24)5-8-20(19)25)14-27-9-11-28(12-10-27)23(29)16-3-6-18(30-2)7-4-16/h3-8,13H,9-12,14H2,1-2H3. The molecule has 1 aromatic heterocycles. The van der Waals surface area contributed by atoms with Crippen LogP contribution in [0.4, 0.5) is 8.78 Å². The summed E-state index contributed by atoms with van der Waals surface area (Å²) in [6.45, 7) is 4.80. The van der Waals surface area contributed by atoms with Crippen LogP contribution in [0.2, 0.25) is 0 Å². The lowest BCUT2D eigenvalue weighted by molar-refractivity contribution is 0.0626. The number of aryl methyl sites for hydroxylation is 1. The summed E-state index contributed by atoms with van der Waals surface area (Å²) in [6, 6.07) is 10.3. The summed E-state index contributed by atoms with van der Waals surface area (Å²) in [6.07, 6.45) is 0. The van der Waals surface area contributed by atoms with Gasteiger partial charge in [0, 0.05) is 38.3 Å². The number of rotatable bonds is 5. The molecule has 3 aromatic rings. The molecule has 31 heavy (non-hydrogen) atoms. The Morgan fingerprint density at radius 2 is 1.81 bits per heavy atom. The molecule has 0 N–H and O–H groups in total. The van der Waals surface area contributed by atoms with Crippen LogP contribution in [0.3, 0.4) is 0 Å². The number of piperazine rings is 1. The highest BCUT2D eigenvalue weighted by molar-refractivity contribution is 5.94. The summed E-state index contributed by atoms with van der Waals surface area (Å²) >= 11 is 0. The zero-order chi connectivity index (χ0) is 22.0. The van der Waals surface area contributed by atoms with Crippen LogP contribution in [-0.4, -0.2) is 54.0 Å². The molecule has 0 saturated carbocycles. The molecule has 1 saturated heterocycles. The van der Waals surface area contributed by atoms with Crippen LogP contribution in [-0.2, 0) is 6.54 Å². The molecule has 0 radical (unpaired) electrons. The second-order valence-electron chi connectivity index (χ2n) is 7.44. The van der Waals surface area contributed by atoms with Crippen molar-refractivity contribution in [1.82, 2.24) is 14.8 Å². The van der Waals surface area contributed by atoms with Crippen LogP contribution in [0.1, 0.15) is 21.8 Å². The summed E-state index contributed by atoms with van der Waals surface area (Å²) in [5, 5.41) is 0. The average molecular weight is 427 g/mol. The molecule has 0 aliphatic carbocycles. The third-order valence-corrected chi connectivity index (χ3v) is 5.42. The molecule has 2 aromatic carbocycles. The average Bonchev–Trinajstić information content (AvgIpc) is 3.15. The Labute approximate surface area is 179 Å². The Bertz CT molecular complexity index is 1070. The van der Waals surface area contributed by atoms with Gasteiger partial charge in [0.1, 0.15) is 23.1 Å². The Morgan fingerprint density at radius 1 is 1.10 bits per heavy atom. The molecular weight excluding hydrogens is 404 g/mol. The van der Waals surface area contributed by atoms with Gasteiger partial charge in [-0.3, -0.25) is 9.69 Å². The van der Waals surface area contributed by atoms with Crippen LogP contribution in [0.15, 0.2) is 46.9 Å². The molecule has 1 aliphatic rings. The number of methoxy groups -OCH3 is 1. The highest BCUT2D eigenvalue weighted by atomic mass is 19.1. The molecule has 0 unspecified atom stereocenters. The Kier molecular flexibility index (Phi) is 5.99. The van der Waals surface area contributed by atoms with Crippen LogP contribution in [0, 0.1) is 18.6 Å². The van der Waals surface area contributed by atoms with Crippen LogP contribution in [0.25, 0.3) is 11.5 Å². The largest absolute Gasteiger partial charge is 0.497 e. The van der Waals surface area contributed by atoms with Crippen molar-refractivity contribution in [2.45, 2.75) is 13.5 Å². The minimum Gasteiger partial charge on any atom is -0.497 e. The zero-order valence-electron chi connectivity index (χ0n) is 17.4. The minimum atomic E-state index is -0.583. The van der Waals surface area contributed by atoms with E-state index in [-0.39, 0.29) is 17.4 Å². The van der Waals surface area contributed by atoms with E-state index in [1.54, 1.807) is 38.3 Å². The van der Waals surface area contributed by atoms with Crippen molar-refractivity contribution in [3.63, 3.8) is 0 Å². The molecule has 6 nitrogen and oxygen atoms in total. The summed E-state index contributed by atoms with van der Waals surface area (Å²) in [5.41, 5.74) is 1.31. The lowest BCUT2D eigenvalue weighted by Crippen LogP contribution is -2.48. The first-order valence-electron chi connectivity index (χ1n) is 10.0. The maximum Gasteiger partial charge on any atom is 0.253 e. The summed E-state index contributed by atoms with van der Waals surface area (Å²) in [5.74, 6) is 0.199. The van der Waals surface area contributed by atoms with Crippen molar-refractivity contribution in [2.24, 2.45) is 0 Å². The predicted octanol–water partition coefficient (Wildman–Crippen LogP) is 3.89. The van der Waals surface area contributed by atoms with E-state index in [1.807, 2.05) is 4.90 Å². The predicted molar refractivity (Wildman–Crippen MR) is 111 cm³/mol. The fraction of sp³-hybridized carbons (Fsp3) is 0.304. The van der Waals surface area contributed by atoms with Crippen molar-refractivity contribution in [2.75, 3.05) is 33.3 Å². The number of hydrogen-bond donors (Lipinski definition) is 0. The molecule has 1 amide bonds. The van der Waals surface area contributed by atoms with Gasteiger partial charge in [-0.15, -0.1) is 0 Å². The SMILES string of the molecule is COc1ccc(C(=O)N2CCN(Cc3nc(-c4cc(F)ccc4F)oc3C)CC2)cc1. The van der Waals surface area contributed by atoms with Gasteiger partial charge < -0.3 is 14.1 Å². The topological polar surface area (TPSA) is 58.8 Å². The van der Waals surface area contributed by atoms with Crippen molar-refractivity contribution < 1.29 is 22.7 Å². The van der Waals surface area contributed by atoms with Gasteiger partial charge in [0.2, 0.25) is 5.89 Å². The fourth-order valence-corrected chi connectivity index (χ4v) is 3.59. The highest BCUT2D eigenvalue weighted by Gasteiger charge is 2.24. The number of nitrogens with zero attached hydrogens (tertiary/aromatic N) is 3. The lowest BCUT2D eigenvalue weighted by Gasteiger charge is -2.34. The first-order chi connectivity index (χ1) is 14.9. The van der Waals surface area contributed by atoms with Crippen molar-refractivity contribution in [3.05, 3.63) is 71.1 Å². The molecule has 0 atom stereocenters. The number of amides is 1. The summed E-state index contributed by atoms with van der Waals surface area (Å²) in [4.78, 5) is 21.1. The highest BCUT2D eigenvalue weighted by Crippen LogP contribution is 2.26. The normalized spacial score (nSPS) is 14.6. The van der Waals surface area contributed by atoms with Gasteiger partial charge in [-0.05, 0) is 49.4 Å². The number of aromatic nitrogens is 1. The lowest BCUT2D eigenvalue weighted by atomic mass is 10.1. The van der Waals surface area contributed by atoms with E-state index in [0.29, 0.717) is 55.5 Å². The first-order valence-corrected chi connectivity index (χ1v) is 10.0. The van der Waals surface area contributed by atoms with E-state index in [2.05, 4.69) is 9.88 Å². The Hall–Kier alpha value is -3.26. The molecule has 0 bridgehead atoms. The number of carbonyl (C=O) groups is 1. The summed E-state index contributed by atoms with van der Waals surface area (Å²) < 4.78 is 38.3. The van der Waals surface area contributed by atoms with E-state index < -0.39 is 11.6 Å². The molecule has 1 aliphatic heterocycles. The van der Waals surface area contributed by atoms with E-state index in [9.17, 15) is 13.6 Å². The molecule has 0 spiro atoms. The van der Waals surface area contributed by atoms with Gasteiger partial charge in [0.25, 0.3) is 5.91 Å². The maximum atomic E-state index is 14.0. The van der Waals surface area contributed by atoms with Crippen LogP contribution < -0.4 is 4.74 Å². The molecule has 1 fully saturated rings. The Morgan fingerprint density at radius 3 is 2.48 bits per heavy atom. The van der Waals surface area contributed by atoms with E-state index >= 15 is 0 Å². The second kappa shape index (κ2) is 8.85. The van der Waals surface area contributed by atoms with Crippen molar-refractivity contribution in [3.8, 4) is 17.2 Å². The number of hydrogen-bond acceptors (Lipinski definition) is 5. The van der Waals surface area contributed by atoms with E-state index in [4.69, 9.17) is 9.15 Å². The van der Waals surface area contributed by atoms with Gasteiger partial charge in [0.05, 0.1) is 18.4 Å². The molecule has 2 heterocycles. The number of carbonyl (C=O) groups excluding carboxylic acids is 1. The van der Waals surface area contributed by atoms with Crippen LogP contribution in [0.5, 0.6) is 5.75 Å². The van der Waals surface area contributed by atoms with Crippen molar-refractivity contribution in [1.29, 1.82) is 0 Å². The van der Waals surface area contributed by atoms with Gasteiger partial charge in [0.15, 0.2) is 0 Å².